The normalized spacial score (nSPS) is 10.4. The van der Waals surface area contributed by atoms with Crippen LogP contribution >= 0.6 is 0 Å². The van der Waals surface area contributed by atoms with Crippen molar-refractivity contribution in [3.63, 3.8) is 0 Å². The Balaban J connectivity index is 1.93. The van der Waals surface area contributed by atoms with E-state index < -0.39 is 11.8 Å². The molecule has 0 bridgehead atoms. The van der Waals surface area contributed by atoms with E-state index in [0.717, 1.165) is 5.56 Å². The van der Waals surface area contributed by atoms with Crippen molar-refractivity contribution in [3.8, 4) is 11.5 Å². The van der Waals surface area contributed by atoms with Gasteiger partial charge in [-0.15, -0.1) is 0 Å². The van der Waals surface area contributed by atoms with Gasteiger partial charge in [-0.3, -0.25) is 9.59 Å². The lowest BCUT2D eigenvalue weighted by atomic mass is 10.2. The molecule has 0 aromatic heterocycles. The Hall–Kier alpha value is -3.35. The van der Waals surface area contributed by atoms with Crippen molar-refractivity contribution >= 4 is 23.7 Å². The third-order valence-corrected chi connectivity index (χ3v) is 3.38. The fourth-order valence-electron chi connectivity index (χ4n) is 2.08. The maximum atomic E-state index is 11.8. The molecule has 2 N–H and O–H groups in total. The van der Waals surface area contributed by atoms with Gasteiger partial charge in [0.15, 0.2) is 11.5 Å². The molecule has 0 heterocycles. The van der Waals surface area contributed by atoms with Crippen molar-refractivity contribution in [2.75, 3.05) is 19.0 Å². The third kappa shape index (κ3) is 5.34. The Labute approximate surface area is 152 Å². The Morgan fingerprint density at radius 3 is 2.46 bits per heavy atom. The van der Waals surface area contributed by atoms with E-state index in [1.54, 1.807) is 30.3 Å². The zero-order valence-corrected chi connectivity index (χ0v) is 14.9. The van der Waals surface area contributed by atoms with Crippen LogP contribution < -0.4 is 20.2 Å². The average Bonchev–Trinajstić information content (AvgIpc) is 2.64. The molecule has 7 nitrogen and oxygen atoms in total. The second kappa shape index (κ2) is 9.22. The number of aryl methyl sites for hydroxylation is 1. The first-order valence-electron chi connectivity index (χ1n) is 8.05. The molecular formula is C19H21N3O4. The van der Waals surface area contributed by atoms with E-state index >= 15 is 0 Å². The van der Waals surface area contributed by atoms with Crippen LogP contribution in [0.15, 0.2) is 47.6 Å². The number of methoxy groups -OCH3 is 1. The predicted molar refractivity (Wildman–Crippen MR) is 99.7 cm³/mol. The van der Waals surface area contributed by atoms with Gasteiger partial charge in [-0.2, -0.15) is 5.10 Å². The van der Waals surface area contributed by atoms with Crippen molar-refractivity contribution < 1.29 is 19.1 Å². The van der Waals surface area contributed by atoms with E-state index in [4.69, 9.17) is 9.47 Å². The number of hydrazone groups is 1. The monoisotopic (exact) mass is 355 g/mol. The molecule has 0 aliphatic rings. The molecule has 26 heavy (non-hydrogen) atoms. The first-order valence-corrected chi connectivity index (χ1v) is 8.05. The average molecular weight is 355 g/mol. The number of carbonyl (C=O) groups excluding carboxylic acids is 2. The second-order valence-corrected chi connectivity index (χ2v) is 5.36. The molecule has 2 aromatic rings. The second-order valence-electron chi connectivity index (χ2n) is 5.36. The van der Waals surface area contributed by atoms with Gasteiger partial charge in [-0.1, -0.05) is 17.7 Å². The van der Waals surface area contributed by atoms with Gasteiger partial charge in [0.1, 0.15) is 0 Å². The number of amides is 2. The van der Waals surface area contributed by atoms with Crippen LogP contribution in [0.1, 0.15) is 18.1 Å². The van der Waals surface area contributed by atoms with Crippen molar-refractivity contribution in [2.24, 2.45) is 5.10 Å². The summed E-state index contributed by atoms with van der Waals surface area (Å²) in [5.41, 5.74) is 4.47. The lowest BCUT2D eigenvalue weighted by molar-refractivity contribution is -0.136. The zero-order chi connectivity index (χ0) is 18.9. The fraction of sp³-hybridized carbons (Fsp3) is 0.211. The molecule has 0 spiro atoms. The van der Waals surface area contributed by atoms with Crippen LogP contribution in [-0.4, -0.2) is 31.7 Å². The number of hydrogen-bond acceptors (Lipinski definition) is 5. The van der Waals surface area contributed by atoms with Crippen LogP contribution in [-0.2, 0) is 9.59 Å². The van der Waals surface area contributed by atoms with Gasteiger partial charge in [0, 0.05) is 5.69 Å². The number of ether oxygens (including phenoxy) is 2. The van der Waals surface area contributed by atoms with Crippen molar-refractivity contribution in [2.45, 2.75) is 13.8 Å². The molecule has 2 aromatic carbocycles. The van der Waals surface area contributed by atoms with E-state index in [-0.39, 0.29) is 0 Å². The van der Waals surface area contributed by atoms with Crippen LogP contribution in [0.3, 0.4) is 0 Å². The van der Waals surface area contributed by atoms with Crippen LogP contribution in [0.4, 0.5) is 5.69 Å². The first-order chi connectivity index (χ1) is 12.5. The van der Waals surface area contributed by atoms with Crippen molar-refractivity contribution in [1.82, 2.24) is 5.43 Å². The van der Waals surface area contributed by atoms with Crippen molar-refractivity contribution in [1.29, 1.82) is 0 Å². The maximum Gasteiger partial charge on any atom is 0.329 e. The van der Waals surface area contributed by atoms with Gasteiger partial charge in [0.05, 0.1) is 19.9 Å². The highest BCUT2D eigenvalue weighted by atomic mass is 16.5. The summed E-state index contributed by atoms with van der Waals surface area (Å²) in [6, 6.07) is 12.3. The van der Waals surface area contributed by atoms with Gasteiger partial charge >= 0.3 is 11.8 Å². The molecule has 0 saturated carbocycles. The number of anilines is 1. The Bertz CT molecular complexity index is 801. The highest BCUT2D eigenvalue weighted by molar-refractivity contribution is 6.39. The van der Waals surface area contributed by atoms with Crippen LogP contribution in [0.5, 0.6) is 11.5 Å². The third-order valence-electron chi connectivity index (χ3n) is 3.38. The summed E-state index contributed by atoms with van der Waals surface area (Å²) in [4.78, 5) is 23.6. The van der Waals surface area contributed by atoms with E-state index in [0.29, 0.717) is 29.4 Å². The highest BCUT2D eigenvalue weighted by Gasteiger charge is 2.12. The summed E-state index contributed by atoms with van der Waals surface area (Å²) < 4.78 is 10.7. The predicted octanol–water partition coefficient (Wildman–Crippen LogP) is 2.49. The number of hydrogen-bond donors (Lipinski definition) is 2. The number of rotatable bonds is 6. The molecule has 0 fully saturated rings. The topological polar surface area (TPSA) is 89.0 Å². The number of benzene rings is 2. The lowest BCUT2D eigenvalue weighted by Gasteiger charge is -2.09. The molecule has 0 aliphatic heterocycles. The smallest absolute Gasteiger partial charge is 0.329 e. The molecule has 0 unspecified atom stereocenters. The van der Waals surface area contributed by atoms with E-state index in [9.17, 15) is 9.59 Å². The van der Waals surface area contributed by atoms with Gasteiger partial charge in [0.2, 0.25) is 0 Å². The van der Waals surface area contributed by atoms with E-state index in [1.165, 1.54) is 13.3 Å². The molecule has 7 heteroatoms. The van der Waals surface area contributed by atoms with Crippen LogP contribution in [0, 0.1) is 6.92 Å². The molecule has 0 aliphatic carbocycles. The number of carbonyl (C=O) groups is 2. The summed E-state index contributed by atoms with van der Waals surface area (Å²) in [7, 11) is 1.54. The zero-order valence-electron chi connectivity index (χ0n) is 14.9. The van der Waals surface area contributed by atoms with E-state index in [2.05, 4.69) is 15.8 Å². The summed E-state index contributed by atoms with van der Waals surface area (Å²) in [6.45, 7) is 4.34. The Morgan fingerprint density at radius 2 is 1.81 bits per heavy atom. The van der Waals surface area contributed by atoms with Gasteiger partial charge in [0.25, 0.3) is 0 Å². The lowest BCUT2D eigenvalue weighted by Crippen LogP contribution is -2.32. The molecule has 0 atom stereocenters. The van der Waals surface area contributed by atoms with Gasteiger partial charge in [-0.25, -0.2) is 5.43 Å². The van der Waals surface area contributed by atoms with Crippen LogP contribution in [0.2, 0.25) is 0 Å². The SMILES string of the molecule is CCOc1ccc(/C=N\NC(=O)C(=O)Nc2ccc(C)cc2)cc1OC. The summed E-state index contributed by atoms with van der Waals surface area (Å²) >= 11 is 0. The number of nitrogens with one attached hydrogen (secondary N) is 2. The molecule has 2 amide bonds. The molecule has 2 rings (SSSR count). The van der Waals surface area contributed by atoms with Gasteiger partial charge < -0.3 is 14.8 Å². The van der Waals surface area contributed by atoms with Gasteiger partial charge in [-0.05, 0) is 49.7 Å². The molecule has 0 saturated heterocycles. The number of nitrogens with zero attached hydrogens (tertiary/aromatic N) is 1. The Morgan fingerprint density at radius 1 is 1.08 bits per heavy atom. The van der Waals surface area contributed by atoms with E-state index in [1.807, 2.05) is 26.0 Å². The first kappa shape index (κ1) is 19.0. The molecule has 0 radical (unpaired) electrons. The van der Waals surface area contributed by atoms with Crippen LogP contribution in [0.25, 0.3) is 0 Å². The largest absolute Gasteiger partial charge is 0.493 e. The minimum atomic E-state index is -0.861. The highest BCUT2D eigenvalue weighted by Crippen LogP contribution is 2.27. The minimum Gasteiger partial charge on any atom is -0.493 e. The standard InChI is InChI=1S/C19H21N3O4/c1-4-26-16-10-7-14(11-17(16)25-3)12-20-22-19(24)18(23)21-15-8-5-13(2)6-9-15/h5-12H,4H2,1-3H3,(H,21,23)(H,22,24)/b20-12-. The molecular weight excluding hydrogens is 334 g/mol. The summed E-state index contributed by atoms with van der Waals surface area (Å²) in [6.07, 6.45) is 1.41. The fourth-order valence-corrected chi connectivity index (χ4v) is 2.08. The maximum absolute atomic E-state index is 11.8. The quantitative estimate of drug-likeness (QED) is 0.473. The Kier molecular flexibility index (Phi) is 6.73. The summed E-state index contributed by atoms with van der Waals surface area (Å²) in [5, 5.41) is 6.28. The molecule has 136 valence electrons. The van der Waals surface area contributed by atoms with Crippen molar-refractivity contribution in [3.05, 3.63) is 53.6 Å². The summed E-state index contributed by atoms with van der Waals surface area (Å²) in [5.74, 6) is -0.483. The minimum absolute atomic E-state index is 0.524.